The molecule has 172 valence electrons. The van der Waals surface area contributed by atoms with E-state index < -0.39 is 35.6 Å². The van der Waals surface area contributed by atoms with Gasteiger partial charge >= 0.3 is 0 Å². The minimum absolute atomic E-state index is 0.0818. The SMILES string of the molecule is O=C1NCCC[C@@H]1NC(=O)[C@H]1CN(C(=O)c2cccc(F)c2)CCN1C(=O)c1cccnc1. The van der Waals surface area contributed by atoms with Gasteiger partial charge in [-0.3, -0.25) is 24.2 Å². The summed E-state index contributed by atoms with van der Waals surface area (Å²) in [4.78, 5) is 58.2. The van der Waals surface area contributed by atoms with Crippen LogP contribution in [-0.2, 0) is 9.59 Å². The van der Waals surface area contributed by atoms with Gasteiger partial charge in [0.25, 0.3) is 11.8 Å². The summed E-state index contributed by atoms with van der Waals surface area (Å²) in [7, 11) is 0. The standard InChI is InChI=1S/C23H24FN5O4/c24-17-6-1-4-15(12-17)22(32)28-10-11-29(23(33)16-5-2-8-25-13-16)19(14-28)21(31)27-18-7-3-9-26-20(18)30/h1-2,4-6,8,12-13,18-19H,3,7,9-11,14H2,(H,26,30)(H,27,31)/t18-,19+/m0/s1. The highest BCUT2D eigenvalue weighted by Gasteiger charge is 2.39. The molecule has 10 heteroatoms. The highest BCUT2D eigenvalue weighted by Crippen LogP contribution is 2.18. The lowest BCUT2D eigenvalue weighted by molar-refractivity contribution is -0.133. The normalized spacial score (nSPS) is 20.7. The van der Waals surface area contributed by atoms with Crippen LogP contribution in [0, 0.1) is 5.82 Å². The van der Waals surface area contributed by atoms with Gasteiger partial charge in [0, 0.05) is 37.6 Å². The van der Waals surface area contributed by atoms with E-state index in [9.17, 15) is 23.6 Å². The molecule has 3 heterocycles. The molecule has 1 aromatic carbocycles. The molecule has 2 N–H and O–H groups in total. The largest absolute Gasteiger partial charge is 0.354 e. The summed E-state index contributed by atoms with van der Waals surface area (Å²) in [6, 6.07) is 6.83. The fourth-order valence-electron chi connectivity index (χ4n) is 4.07. The average Bonchev–Trinajstić information content (AvgIpc) is 2.84. The summed E-state index contributed by atoms with van der Waals surface area (Å²) in [5.41, 5.74) is 0.475. The van der Waals surface area contributed by atoms with E-state index >= 15 is 0 Å². The third-order valence-electron chi connectivity index (χ3n) is 5.81. The summed E-state index contributed by atoms with van der Waals surface area (Å²) >= 11 is 0. The van der Waals surface area contributed by atoms with E-state index in [4.69, 9.17) is 0 Å². The highest BCUT2D eigenvalue weighted by molar-refractivity contribution is 6.00. The number of pyridine rings is 1. The Morgan fingerprint density at radius 1 is 1.09 bits per heavy atom. The number of aromatic nitrogens is 1. The molecule has 0 bridgehead atoms. The number of benzene rings is 1. The molecule has 2 fully saturated rings. The van der Waals surface area contributed by atoms with Gasteiger partial charge in [-0.2, -0.15) is 0 Å². The number of rotatable bonds is 4. The topological polar surface area (TPSA) is 112 Å². The Labute approximate surface area is 190 Å². The van der Waals surface area contributed by atoms with E-state index in [-0.39, 0.29) is 31.1 Å². The first-order valence-electron chi connectivity index (χ1n) is 10.8. The zero-order chi connectivity index (χ0) is 23.4. The number of piperazine rings is 1. The van der Waals surface area contributed by atoms with Crippen molar-refractivity contribution in [2.45, 2.75) is 24.9 Å². The van der Waals surface area contributed by atoms with Gasteiger partial charge in [-0.1, -0.05) is 6.07 Å². The van der Waals surface area contributed by atoms with Crippen LogP contribution in [0.1, 0.15) is 33.6 Å². The van der Waals surface area contributed by atoms with Gasteiger partial charge < -0.3 is 20.4 Å². The van der Waals surface area contributed by atoms with Crippen molar-refractivity contribution in [2.24, 2.45) is 0 Å². The Balaban J connectivity index is 1.56. The molecular formula is C23H24FN5O4. The van der Waals surface area contributed by atoms with Crippen LogP contribution in [0.2, 0.25) is 0 Å². The molecule has 2 aliphatic rings. The zero-order valence-corrected chi connectivity index (χ0v) is 17.9. The number of piperidine rings is 1. The maximum absolute atomic E-state index is 13.6. The molecule has 2 aliphatic heterocycles. The van der Waals surface area contributed by atoms with E-state index in [1.54, 1.807) is 12.1 Å². The van der Waals surface area contributed by atoms with Crippen LogP contribution in [-0.4, -0.2) is 76.7 Å². The van der Waals surface area contributed by atoms with Gasteiger partial charge in [-0.05, 0) is 43.2 Å². The smallest absolute Gasteiger partial charge is 0.256 e. The number of halogens is 1. The van der Waals surface area contributed by atoms with Gasteiger partial charge in [-0.25, -0.2) is 4.39 Å². The van der Waals surface area contributed by atoms with Crippen molar-refractivity contribution >= 4 is 23.6 Å². The molecule has 33 heavy (non-hydrogen) atoms. The molecule has 9 nitrogen and oxygen atoms in total. The average molecular weight is 453 g/mol. The summed E-state index contributed by atoms with van der Waals surface area (Å²) in [6.45, 7) is 0.746. The van der Waals surface area contributed by atoms with Gasteiger partial charge in [0.2, 0.25) is 11.8 Å². The highest BCUT2D eigenvalue weighted by atomic mass is 19.1. The molecule has 2 aromatic rings. The molecule has 2 saturated heterocycles. The number of hydrogen-bond acceptors (Lipinski definition) is 5. The Bertz CT molecular complexity index is 1060. The quantitative estimate of drug-likeness (QED) is 0.704. The first kappa shape index (κ1) is 22.4. The van der Waals surface area contributed by atoms with E-state index in [0.717, 1.165) is 12.5 Å². The Hall–Kier alpha value is -3.82. The summed E-state index contributed by atoms with van der Waals surface area (Å²) in [5, 5.41) is 5.44. The maximum atomic E-state index is 13.6. The maximum Gasteiger partial charge on any atom is 0.256 e. The number of amides is 4. The first-order valence-corrected chi connectivity index (χ1v) is 10.8. The number of carbonyl (C=O) groups is 4. The minimum Gasteiger partial charge on any atom is -0.354 e. The second-order valence-corrected chi connectivity index (χ2v) is 8.01. The van der Waals surface area contributed by atoms with E-state index in [2.05, 4.69) is 15.6 Å². The van der Waals surface area contributed by atoms with Crippen LogP contribution in [0.3, 0.4) is 0 Å². The Kier molecular flexibility index (Phi) is 6.62. The summed E-state index contributed by atoms with van der Waals surface area (Å²) in [6.07, 6.45) is 4.17. The van der Waals surface area contributed by atoms with E-state index in [1.807, 2.05) is 0 Å². The molecule has 0 saturated carbocycles. The minimum atomic E-state index is -1.02. The third-order valence-corrected chi connectivity index (χ3v) is 5.81. The van der Waals surface area contributed by atoms with Crippen molar-refractivity contribution in [1.29, 1.82) is 0 Å². The van der Waals surface area contributed by atoms with Crippen molar-refractivity contribution in [1.82, 2.24) is 25.4 Å². The zero-order valence-electron chi connectivity index (χ0n) is 17.9. The molecule has 0 aliphatic carbocycles. The predicted octanol–water partition coefficient (Wildman–Crippen LogP) is 0.582. The molecule has 0 radical (unpaired) electrons. The second kappa shape index (κ2) is 9.76. The van der Waals surface area contributed by atoms with Crippen LogP contribution >= 0.6 is 0 Å². The molecular weight excluding hydrogens is 429 g/mol. The van der Waals surface area contributed by atoms with Crippen LogP contribution in [0.5, 0.6) is 0 Å². The summed E-state index contributed by atoms with van der Waals surface area (Å²) in [5.74, 6) is -2.16. The van der Waals surface area contributed by atoms with Gasteiger partial charge in [0.15, 0.2) is 0 Å². The molecule has 0 spiro atoms. The lowest BCUT2D eigenvalue weighted by Crippen LogP contribution is -2.63. The number of hydrogen-bond donors (Lipinski definition) is 2. The van der Waals surface area contributed by atoms with Gasteiger partial charge in [-0.15, -0.1) is 0 Å². The number of nitrogens with zero attached hydrogens (tertiary/aromatic N) is 3. The lowest BCUT2D eigenvalue weighted by Gasteiger charge is -2.41. The van der Waals surface area contributed by atoms with Crippen LogP contribution in [0.15, 0.2) is 48.8 Å². The first-order chi connectivity index (χ1) is 15.9. The molecule has 2 atom stereocenters. The second-order valence-electron chi connectivity index (χ2n) is 8.01. The molecule has 4 rings (SSSR count). The monoisotopic (exact) mass is 453 g/mol. The van der Waals surface area contributed by atoms with E-state index in [0.29, 0.717) is 18.5 Å². The Morgan fingerprint density at radius 3 is 2.64 bits per heavy atom. The van der Waals surface area contributed by atoms with Crippen molar-refractivity contribution in [3.8, 4) is 0 Å². The third kappa shape index (κ3) is 5.00. The molecule has 4 amide bonds. The van der Waals surface area contributed by atoms with Crippen LogP contribution < -0.4 is 10.6 Å². The van der Waals surface area contributed by atoms with Crippen LogP contribution in [0.4, 0.5) is 4.39 Å². The van der Waals surface area contributed by atoms with Crippen molar-refractivity contribution in [3.05, 3.63) is 65.7 Å². The van der Waals surface area contributed by atoms with E-state index in [1.165, 1.54) is 40.4 Å². The molecule has 0 unspecified atom stereocenters. The fraction of sp³-hybridized carbons (Fsp3) is 0.348. The fourth-order valence-corrected chi connectivity index (χ4v) is 4.07. The Morgan fingerprint density at radius 2 is 1.91 bits per heavy atom. The van der Waals surface area contributed by atoms with Crippen molar-refractivity contribution in [3.63, 3.8) is 0 Å². The predicted molar refractivity (Wildman–Crippen MR) is 116 cm³/mol. The van der Waals surface area contributed by atoms with Gasteiger partial charge in [0.05, 0.1) is 12.1 Å². The number of carbonyl (C=O) groups excluding carboxylic acids is 4. The van der Waals surface area contributed by atoms with Gasteiger partial charge in [0.1, 0.15) is 17.9 Å². The number of nitrogens with one attached hydrogen (secondary N) is 2. The molecule has 1 aromatic heterocycles. The lowest BCUT2D eigenvalue weighted by atomic mass is 10.0. The van der Waals surface area contributed by atoms with Crippen LogP contribution in [0.25, 0.3) is 0 Å². The van der Waals surface area contributed by atoms with Crippen molar-refractivity contribution < 1.29 is 23.6 Å². The van der Waals surface area contributed by atoms with Crippen molar-refractivity contribution in [2.75, 3.05) is 26.2 Å². The summed E-state index contributed by atoms with van der Waals surface area (Å²) < 4.78 is 13.6.